The summed E-state index contributed by atoms with van der Waals surface area (Å²) in [5.41, 5.74) is 0.499. The minimum atomic E-state index is -1.19. The molecule has 0 radical (unpaired) electrons. The lowest BCUT2D eigenvalue weighted by molar-refractivity contribution is -0.139. The van der Waals surface area contributed by atoms with E-state index in [0.717, 1.165) is 0 Å². The summed E-state index contributed by atoms with van der Waals surface area (Å²) >= 11 is 0. The molecule has 0 bridgehead atoms. The number of pyridine rings is 1. The lowest BCUT2D eigenvalue weighted by Crippen LogP contribution is -2.44. The molecule has 8 heteroatoms. The highest BCUT2D eigenvalue weighted by Crippen LogP contribution is 2.01. The van der Waals surface area contributed by atoms with Gasteiger partial charge in [0.15, 0.2) is 0 Å². The van der Waals surface area contributed by atoms with Crippen molar-refractivity contribution in [2.45, 2.75) is 19.4 Å². The Bertz CT molecular complexity index is 705. The topological polar surface area (TPSA) is 128 Å². The first-order chi connectivity index (χ1) is 9.97. The van der Waals surface area contributed by atoms with E-state index in [2.05, 4.69) is 20.3 Å². The third-order valence-corrected chi connectivity index (χ3v) is 2.88. The minimum absolute atomic E-state index is 0.0465. The van der Waals surface area contributed by atoms with Crippen molar-refractivity contribution in [1.82, 2.24) is 20.3 Å². The molecule has 0 spiro atoms. The summed E-state index contributed by atoms with van der Waals surface area (Å²) in [6.45, 7) is 1.68. The Balaban J connectivity index is 2.14. The maximum absolute atomic E-state index is 12.0. The number of amides is 1. The van der Waals surface area contributed by atoms with Gasteiger partial charge in [-0.1, -0.05) is 0 Å². The van der Waals surface area contributed by atoms with E-state index < -0.39 is 23.5 Å². The average Bonchev–Trinajstić information content (AvgIpc) is 2.90. The van der Waals surface area contributed by atoms with Crippen molar-refractivity contribution in [1.29, 1.82) is 0 Å². The largest absolute Gasteiger partial charge is 0.480 e. The molecule has 0 aliphatic rings. The highest BCUT2D eigenvalue weighted by molar-refractivity contribution is 5.96. The molecule has 0 aliphatic carbocycles. The quantitative estimate of drug-likeness (QED) is 0.608. The Morgan fingerprint density at radius 2 is 2.19 bits per heavy atom. The fourth-order valence-corrected chi connectivity index (χ4v) is 1.80. The molecule has 1 unspecified atom stereocenters. The molecule has 0 aromatic carbocycles. The Labute approximate surface area is 119 Å². The molecule has 2 aromatic rings. The van der Waals surface area contributed by atoms with Crippen molar-refractivity contribution in [3.8, 4) is 0 Å². The van der Waals surface area contributed by atoms with Gasteiger partial charge in [-0.3, -0.25) is 9.59 Å². The van der Waals surface area contributed by atoms with Crippen molar-refractivity contribution in [3.63, 3.8) is 0 Å². The van der Waals surface area contributed by atoms with E-state index >= 15 is 0 Å². The molecule has 1 atom stereocenters. The zero-order chi connectivity index (χ0) is 15.4. The zero-order valence-corrected chi connectivity index (χ0v) is 11.2. The maximum Gasteiger partial charge on any atom is 0.326 e. The number of aliphatic carboxylic acids is 1. The smallest absolute Gasteiger partial charge is 0.326 e. The summed E-state index contributed by atoms with van der Waals surface area (Å²) < 4.78 is 0. The molecule has 21 heavy (non-hydrogen) atoms. The average molecular weight is 290 g/mol. The minimum Gasteiger partial charge on any atom is -0.480 e. The Morgan fingerprint density at radius 1 is 1.43 bits per heavy atom. The van der Waals surface area contributed by atoms with Crippen LogP contribution < -0.4 is 10.9 Å². The number of imidazole rings is 1. The molecule has 1 amide bonds. The molecule has 0 fully saturated rings. The van der Waals surface area contributed by atoms with Crippen LogP contribution >= 0.6 is 0 Å². The molecule has 0 saturated heterocycles. The van der Waals surface area contributed by atoms with Gasteiger partial charge < -0.3 is 20.4 Å². The number of hydrogen-bond donors (Lipinski definition) is 4. The number of hydrogen-bond acceptors (Lipinski definition) is 4. The maximum atomic E-state index is 12.0. The number of rotatable bonds is 5. The molecule has 2 heterocycles. The van der Waals surface area contributed by atoms with E-state index in [1.807, 2.05) is 0 Å². The number of H-pyrrole nitrogens is 2. The van der Waals surface area contributed by atoms with Crippen molar-refractivity contribution in [3.05, 3.63) is 52.0 Å². The first-order valence-corrected chi connectivity index (χ1v) is 6.18. The number of nitrogens with one attached hydrogen (secondary N) is 3. The SMILES string of the molecule is Cc1ccc(C(=O)NC(Cc2cnc[nH]2)C(=O)O)c(=O)[nH]1. The molecule has 4 N–H and O–H groups in total. The fourth-order valence-electron chi connectivity index (χ4n) is 1.80. The summed E-state index contributed by atoms with van der Waals surface area (Å²) in [5, 5.41) is 11.5. The van der Waals surface area contributed by atoms with E-state index in [9.17, 15) is 14.4 Å². The third-order valence-electron chi connectivity index (χ3n) is 2.88. The van der Waals surface area contributed by atoms with E-state index in [-0.39, 0.29) is 12.0 Å². The standard InChI is InChI=1S/C13H14N4O4/c1-7-2-3-9(11(18)16-7)12(19)17-10(13(20)21)4-8-5-14-6-15-8/h2-3,5-6,10H,4H2,1H3,(H,14,15)(H,16,18)(H,17,19)(H,20,21). The van der Waals surface area contributed by atoms with E-state index in [4.69, 9.17) is 5.11 Å². The molecule has 8 nitrogen and oxygen atoms in total. The second kappa shape index (κ2) is 6.04. The van der Waals surface area contributed by atoms with Crippen LogP contribution in [0.25, 0.3) is 0 Å². The summed E-state index contributed by atoms with van der Waals surface area (Å²) in [6, 6.07) is 1.78. The summed E-state index contributed by atoms with van der Waals surface area (Å²) in [7, 11) is 0. The molecular formula is C13H14N4O4. The second-order valence-corrected chi connectivity index (χ2v) is 4.53. The van der Waals surface area contributed by atoms with Gasteiger partial charge in [0, 0.05) is 24.0 Å². The van der Waals surface area contributed by atoms with Crippen LogP contribution in [-0.4, -0.2) is 38.0 Å². The lowest BCUT2D eigenvalue weighted by Gasteiger charge is -2.13. The first-order valence-electron chi connectivity index (χ1n) is 6.18. The lowest BCUT2D eigenvalue weighted by atomic mass is 10.1. The highest BCUT2D eigenvalue weighted by atomic mass is 16.4. The van der Waals surface area contributed by atoms with Gasteiger partial charge in [-0.2, -0.15) is 0 Å². The van der Waals surface area contributed by atoms with Crippen LogP contribution in [0.2, 0.25) is 0 Å². The van der Waals surface area contributed by atoms with E-state index in [1.165, 1.54) is 18.6 Å². The van der Waals surface area contributed by atoms with Crippen LogP contribution in [-0.2, 0) is 11.2 Å². The van der Waals surface area contributed by atoms with Crippen LogP contribution in [0, 0.1) is 6.92 Å². The van der Waals surface area contributed by atoms with Gasteiger partial charge in [-0.05, 0) is 19.1 Å². The Morgan fingerprint density at radius 3 is 2.76 bits per heavy atom. The zero-order valence-electron chi connectivity index (χ0n) is 11.2. The second-order valence-electron chi connectivity index (χ2n) is 4.53. The van der Waals surface area contributed by atoms with Crippen molar-refractivity contribution >= 4 is 11.9 Å². The van der Waals surface area contributed by atoms with Gasteiger partial charge in [0.25, 0.3) is 11.5 Å². The number of aromatic amines is 2. The van der Waals surface area contributed by atoms with Gasteiger partial charge in [0.2, 0.25) is 0 Å². The number of carboxylic acid groups (broad SMARTS) is 1. The van der Waals surface area contributed by atoms with Crippen molar-refractivity contribution in [2.75, 3.05) is 0 Å². The van der Waals surface area contributed by atoms with Gasteiger partial charge in [-0.25, -0.2) is 9.78 Å². The van der Waals surface area contributed by atoms with Crippen LogP contribution in [0.4, 0.5) is 0 Å². The van der Waals surface area contributed by atoms with Crippen molar-refractivity contribution in [2.24, 2.45) is 0 Å². The first kappa shape index (κ1) is 14.5. The number of aryl methyl sites for hydroxylation is 1. The highest BCUT2D eigenvalue weighted by Gasteiger charge is 2.22. The molecular weight excluding hydrogens is 276 g/mol. The van der Waals surface area contributed by atoms with Crippen LogP contribution in [0.1, 0.15) is 21.7 Å². The molecule has 110 valence electrons. The Kier molecular flexibility index (Phi) is 4.17. The number of carboxylic acids is 1. The normalized spacial score (nSPS) is 11.9. The fraction of sp³-hybridized carbons (Fsp3) is 0.231. The van der Waals surface area contributed by atoms with E-state index in [1.54, 1.807) is 13.0 Å². The number of carbonyl (C=O) groups is 2. The van der Waals surface area contributed by atoms with Gasteiger partial charge >= 0.3 is 5.97 Å². The van der Waals surface area contributed by atoms with Crippen molar-refractivity contribution < 1.29 is 14.7 Å². The van der Waals surface area contributed by atoms with Gasteiger partial charge in [0.05, 0.1) is 6.33 Å². The predicted molar refractivity (Wildman–Crippen MR) is 73.0 cm³/mol. The molecule has 0 saturated carbocycles. The van der Waals surface area contributed by atoms with Gasteiger partial charge in [0.1, 0.15) is 11.6 Å². The summed E-state index contributed by atoms with van der Waals surface area (Å²) in [5.74, 6) is -1.93. The van der Waals surface area contributed by atoms with Crippen LogP contribution in [0.3, 0.4) is 0 Å². The molecule has 2 rings (SSSR count). The monoisotopic (exact) mass is 290 g/mol. The number of aromatic nitrogens is 3. The van der Waals surface area contributed by atoms with E-state index in [0.29, 0.717) is 11.4 Å². The number of nitrogens with zero attached hydrogens (tertiary/aromatic N) is 1. The predicted octanol–water partition coefficient (Wildman–Crippen LogP) is -0.168. The number of carbonyl (C=O) groups excluding carboxylic acids is 1. The van der Waals surface area contributed by atoms with Crippen LogP contribution in [0.5, 0.6) is 0 Å². The Hall–Kier alpha value is -2.90. The third kappa shape index (κ3) is 3.56. The summed E-state index contributed by atoms with van der Waals surface area (Å²) in [6.07, 6.45) is 2.94. The molecule has 0 aliphatic heterocycles. The molecule has 2 aromatic heterocycles. The summed E-state index contributed by atoms with van der Waals surface area (Å²) in [4.78, 5) is 43.9. The van der Waals surface area contributed by atoms with Gasteiger partial charge in [-0.15, -0.1) is 0 Å². The van der Waals surface area contributed by atoms with Crippen LogP contribution in [0.15, 0.2) is 29.5 Å².